The largest absolute Gasteiger partial charge is 0.497 e. The minimum absolute atomic E-state index is 0.0602. The van der Waals surface area contributed by atoms with E-state index in [-0.39, 0.29) is 18.2 Å². The van der Waals surface area contributed by atoms with Crippen molar-refractivity contribution in [3.63, 3.8) is 0 Å². The summed E-state index contributed by atoms with van der Waals surface area (Å²) in [5.41, 5.74) is 1.46. The molecule has 0 unspecified atom stereocenters. The molecule has 4 rings (SSSR count). The zero-order valence-corrected chi connectivity index (χ0v) is 22.4. The molecule has 0 aromatic heterocycles. The first kappa shape index (κ1) is 26.6. The van der Waals surface area contributed by atoms with Crippen molar-refractivity contribution >= 4 is 17.5 Å². The molecule has 2 atom stereocenters. The SMILES string of the molecule is CCN1CCN(C(=O)[C@@H]2CCC(=O)N(c3cc(OC)c(OC)c(OC)c3)[C@H]2c2ccc(OC)cc2)CC1. The molecule has 2 aromatic carbocycles. The van der Waals surface area contributed by atoms with Gasteiger partial charge in [0.15, 0.2) is 11.5 Å². The van der Waals surface area contributed by atoms with Gasteiger partial charge in [0, 0.05) is 44.7 Å². The molecule has 0 radical (unpaired) electrons. The van der Waals surface area contributed by atoms with Crippen LogP contribution in [0, 0.1) is 5.92 Å². The maximum absolute atomic E-state index is 14.0. The molecule has 0 aliphatic carbocycles. The number of carbonyl (C=O) groups is 2. The van der Waals surface area contributed by atoms with Gasteiger partial charge in [-0.15, -0.1) is 0 Å². The van der Waals surface area contributed by atoms with Crippen LogP contribution in [0.1, 0.15) is 31.4 Å². The lowest BCUT2D eigenvalue weighted by atomic mass is 9.82. The Morgan fingerprint density at radius 2 is 1.51 bits per heavy atom. The Morgan fingerprint density at radius 3 is 2.03 bits per heavy atom. The summed E-state index contributed by atoms with van der Waals surface area (Å²) in [6.07, 6.45) is 0.762. The molecule has 2 amide bonds. The predicted octanol–water partition coefficient (Wildman–Crippen LogP) is 3.37. The number of amides is 2. The highest BCUT2D eigenvalue weighted by Crippen LogP contribution is 2.46. The van der Waals surface area contributed by atoms with Gasteiger partial charge in [-0.05, 0) is 30.7 Å². The molecule has 2 aliphatic rings. The van der Waals surface area contributed by atoms with E-state index in [0.717, 1.165) is 25.2 Å². The second-order valence-corrected chi connectivity index (χ2v) is 9.27. The van der Waals surface area contributed by atoms with E-state index in [2.05, 4.69) is 11.8 Å². The normalized spacial score (nSPS) is 20.5. The molecule has 2 aromatic rings. The van der Waals surface area contributed by atoms with Crippen molar-refractivity contribution in [2.24, 2.45) is 5.92 Å². The molecule has 0 N–H and O–H groups in total. The maximum atomic E-state index is 14.0. The lowest BCUT2D eigenvalue weighted by molar-refractivity contribution is -0.140. The molecule has 0 spiro atoms. The Hall–Kier alpha value is -3.46. The van der Waals surface area contributed by atoms with E-state index in [9.17, 15) is 9.59 Å². The van der Waals surface area contributed by atoms with E-state index in [1.807, 2.05) is 29.2 Å². The Kier molecular flexibility index (Phi) is 8.43. The quantitative estimate of drug-likeness (QED) is 0.538. The van der Waals surface area contributed by atoms with Crippen molar-refractivity contribution in [1.29, 1.82) is 0 Å². The molecular weight excluding hydrogens is 474 g/mol. The molecule has 37 heavy (non-hydrogen) atoms. The fourth-order valence-corrected chi connectivity index (χ4v) is 5.36. The summed E-state index contributed by atoms with van der Waals surface area (Å²) < 4.78 is 22.0. The fourth-order valence-electron chi connectivity index (χ4n) is 5.36. The van der Waals surface area contributed by atoms with E-state index < -0.39 is 12.0 Å². The van der Waals surface area contributed by atoms with Crippen LogP contribution in [-0.2, 0) is 9.59 Å². The monoisotopic (exact) mass is 511 g/mol. The van der Waals surface area contributed by atoms with E-state index in [4.69, 9.17) is 18.9 Å². The van der Waals surface area contributed by atoms with E-state index >= 15 is 0 Å². The van der Waals surface area contributed by atoms with Crippen LogP contribution in [0.4, 0.5) is 5.69 Å². The number of rotatable bonds is 8. The first-order valence-corrected chi connectivity index (χ1v) is 12.7. The number of hydrogen-bond donors (Lipinski definition) is 0. The van der Waals surface area contributed by atoms with Crippen molar-refractivity contribution in [1.82, 2.24) is 9.80 Å². The fraction of sp³-hybridized carbons (Fsp3) is 0.500. The van der Waals surface area contributed by atoms with Crippen LogP contribution in [0.25, 0.3) is 0 Å². The third-order valence-electron chi connectivity index (χ3n) is 7.43. The van der Waals surface area contributed by atoms with Gasteiger partial charge in [-0.2, -0.15) is 0 Å². The zero-order valence-electron chi connectivity index (χ0n) is 22.4. The molecule has 9 heteroatoms. The number of methoxy groups -OCH3 is 4. The van der Waals surface area contributed by atoms with E-state index in [1.165, 1.54) is 0 Å². The Labute approximate surface area is 218 Å². The Bertz CT molecular complexity index is 1070. The summed E-state index contributed by atoms with van der Waals surface area (Å²) in [5.74, 6) is 1.68. The highest BCUT2D eigenvalue weighted by atomic mass is 16.5. The summed E-state index contributed by atoms with van der Waals surface area (Å²) >= 11 is 0. The average Bonchev–Trinajstić information content (AvgIpc) is 2.95. The van der Waals surface area contributed by atoms with Crippen LogP contribution in [0.2, 0.25) is 0 Å². The second-order valence-electron chi connectivity index (χ2n) is 9.27. The van der Waals surface area contributed by atoms with Crippen LogP contribution in [0.5, 0.6) is 23.0 Å². The van der Waals surface area contributed by atoms with Crippen LogP contribution in [0.15, 0.2) is 36.4 Å². The second kappa shape index (κ2) is 11.7. The van der Waals surface area contributed by atoms with Gasteiger partial charge in [0.2, 0.25) is 17.6 Å². The molecule has 2 heterocycles. The summed E-state index contributed by atoms with van der Waals surface area (Å²) in [7, 11) is 6.24. The first-order valence-electron chi connectivity index (χ1n) is 12.7. The van der Waals surface area contributed by atoms with Gasteiger partial charge in [0.25, 0.3) is 0 Å². The van der Waals surface area contributed by atoms with Gasteiger partial charge in [-0.25, -0.2) is 0 Å². The van der Waals surface area contributed by atoms with Gasteiger partial charge in [-0.1, -0.05) is 19.1 Å². The van der Waals surface area contributed by atoms with Crippen LogP contribution in [-0.4, -0.2) is 82.8 Å². The lowest BCUT2D eigenvalue weighted by Gasteiger charge is -2.44. The molecule has 0 bridgehead atoms. The number of likely N-dealkylation sites (N-methyl/N-ethyl adjacent to an activating group) is 1. The first-order chi connectivity index (χ1) is 17.9. The van der Waals surface area contributed by atoms with Gasteiger partial charge in [0.1, 0.15) is 5.75 Å². The van der Waals surface area contributed by atoms with Crippen molar-refractivity contribution in [2.45, 2.75) is 25.8 Å². The molecule has 200 valence electrons. The van der Waals surface area contributed by atoms with Crippen LogP contribution < -0.4 is 23.8 Å². The minimum Gasteiger partial charge on any atom is -0.497 e. The number of benzene rings is 2. The van der Waals surface area contributed by atoms with Crippen molar-refractivity contribution in [2.75, 3.05) is 66.1 Å². The van der Waals surface area contributed by atoms with Crippen molar-refractivity contribution in [3.8, 4) is 23.0 Å². The highest BCUT2D eigenvalue weighted by molar-refractivity contribution is 5.98. The smallest absolute Gasteiger partial charge is 0.228 e. The molecule has 2 saturated heterocycles. The van der Waals surface area contributed by atoms with Crippen LogP contribution >= 0.6 is 0 Å². The standard InChI is InChI=1S/C28H37N3O6/c1-6-29-13-15-30(16-14-29)28(33)22-11-12-25(32)31(26(22)19-7-9-21(34-2)10-8-19)20-17-23(35-3)27(37-5)24(18-20)36-4/h7-10,17-18,22,26H,6,11-16H2,1-5H3/t22-,26+/m1/s1. The Balaban J connectivity index is 1.78. The number of carbonyl (C=O) groups excluding carboxylic acids is 2. The zero-order chi connectivity index (χ0) is 26.5. The molecule has 2 aliphatic heterocycles. The van der Waals surface area contributed by atoms with Crippen LogP contribution in [0.3, 0.4) is 0 Å². The van der Waals surface area contributed by atoms with Gasteiger partial charge in [-0.3, -0.25) is 9.59 Å². The molecule has 0 saturated carbocycles. The topological polar surface area (TPSA) is 80.8 Å². The average molecular weight is 512 g/mol. The van der Waals surface area contributed by atoms with Gasteiger partial charge < -0.3 is 33.6 Å². The number of ether oxygens (including phenoxy) is 4. The number of anilines is 1. The number of nitrogens with zero attached hydrogens (tertiary/aromatic N) is 3. The molecule has 2 fully saturated rings. The number of piperazine rings is 1. The maximum Gasteiger partial charge on any atom is 0.228 e. The van der Waals surface area contributed by atoms with Crippen molar-refractivity contribution < 1.29 is 28.5 Å². The van der Waals surface area contributed by atoms with Gasteiger partial charge >= 0.3 is 0 Å². The predicted molar refractivity (Wildman–Crippen MR) is 141 cm³/mol. The third-order valence-corrected chi connectivity index (χ3v) is 7.43. The van der Waals surface area contributed by atoms with Crippen molar-refractivity contribution in [3.05, 3.63) is 42.0 Å². The summed E-state index contributed by atoms with van der Waals surface area (Å²) in [6, 6.07) is 10.6. The summed E-state index contributed by atoms with van der Waals surface area (Å²) in [6.45, 7) is 6.21. The van der Waals surface area contributed by atoms with E-state index in [0.29, 0.717) is 48.2 Å². The highest BCUT2D eigenvalue weighted by Gasteiger charge is 2.43. The molecule has 9 nitrogen and oxygen atoms in total. The summed E-state index contributed by atoms with van der Waals surface area (Å²) in [5, 5.41) is 0. The number of piperidine rings is 1. The third kappa shape index (κ3) is 5.32. The van der Waals surface area contributed by atoms with Gasteiger partial charge in [0.05, 0.1) is 46.1 Å². The Morgan fingerprint density at radius 1 is 0.892 bits per heavy atom. The lowest BCUT2D eigenvalue weighted by Crippen LogP contribution is -2.54. The van der Waals surface area contributed by atoms with E-state index in [1.54, 1.807) is 45.5 Å². The minimum atomic E-state index is -0.494. The summed E-state index contributed by atoms with van der Waals surface area (Å²) in [4.78, 5) is 33.5. The molecular formula is C28H37N3O6. The number of hydrogen-bond acceptors (Lipinski definition) is 7.